The van der Waals surface area contributed by atoms with Crippen LogP contribution in [0.4, 0.5) is 10.1 Å². The summed E-state index contributed by atoms with van der Waals surface area (Å²) in [6.07, 6.45) is 7.11. The minimum Gasteiger partial charge on any atom is -0.478 e. The lowest BCUT2D eigenvalue weighted by atomic mass is 10.1. The van der Waals surface area contributed by atoms with Gasteiger partial charge >= 0.3 is 5.97 Å². The molecular formula is C15H22FNO2. The summed E-state index contributed by atoms with van der Waals surface area (Å²) in [6.45, 7) is 2.90. The van der Waals surface area contributed by atoms with Crippen molar-refractivity contribution in [1.29, 1.82) is 0 Å². The maximum atomic E-state index is 13.0. The minimum atomic E-state index is -1.11. The number of benzene rings is 1. The Bertz CT molecular complexity index is 407. The number of rotatable bonds is 9. The third kappa shape index (κ3) is 5.73. The molecule has 0 spiro atoms. The molecule has 0 unspecified atom stereocenters. The van der Waals surface area contributed by atoms with Crippen LogP contribution in [0.3, 0.4) is 0 Å². The second-order valence-corrected chi connectivity index (χ2v) is 4.69. The van der Waals surface area contributed by atoms with Crippen molar-refractivity contribution in [3.63, 3.8) is 0 Å². The van der Waals surface area contributed by atoms with Gasteiger partial charge in [-0.1, -0.05) is 39.0 Å². The van der Waals surface area contributed by atoms with E-state index < -0.39 is 11.8 Å². The molecule has 4 heteroatoms. The lowest BCUT2D eigenvalue weighted by Gasteiger charge is -2.09. The Morgan fingerprint density at radius 3 is 2.58 bits per heavy atom. The second kappa shape index (κ2) is 8.51. The predicted molar refractivity (Wildman–Crippen MR) is 75.2 cm³/mol. The molecule has 0 saturated carbocycles. The van der Waals surface area contributed by atoms with Crippen molar-refractivity contribution in [3.05, 3.63) is 29.6 Å². The van der Waals surface area contributed by atoms with Gasteiger partial charge in [0.15, 0.2) is 0 Å². The molecule has 1 rings (SSSR count). The normalized spacial score (nSPS) is 10.4. The van der Waals surface area contributed by atoms with Gasteiger partial charge in [-0.25, -0.2) is 9.18 Å². The Hall–Kier alpha value is -1.58. The van der Waals surface area contributed by atoms with Crippen molar-refractivity contribution >= 4 is 11.7 Å². The molecule has 2 N–H and O–H groups in total. The average molecular weight is 267 g/mol. The van der Waals surface area contributed by atoms with Gasteiger partial charge in [0.25, 0.3) is 0 Å². The van der Waals surface area contributed by atoms with Gasteiger partial charge in [0, 0.05) is 12.2 Å². The number of carboxylic acid groups (broad SMARTS) is 1. The van der Waals surface area contributed by atoms with E-state index in [1.54, 1.807) is 0 Å². The summed E-state index contributed by atoms with van der Waals surface area (Å²) < 4.78 is 13.0. The smallest absolute Gasteiger partial charge is 0.337 e. The van der Waals surface area contributed by atoms with Crippen molar-refractivity contribution in [2.24, 2.45) is 0 Å². The van der Waals surface area contributed by atoms with Crippen LogP contribution in [0.1, 0.15) is 55.8 Å². The summed E-state index contributed by atoms with van der Waals surface area (Å²) in [4.78, 5) is 11.0. The molecular weight excluding hydrogens is 245 g/mol. The SMILES string of the molecule is CCCCCCCCNc1ccc(F)cc1C(=O)O. The number of nitrogens with one attached hydrogen (secondary N) is 1. The first-order valence-electron chi connectivity index (χ1n) is 6.92. The highest BCUT2D eigenvalue weighted by Crippen LogP contribution is 2.17. The number of carboxylic acids is 1. The lowest BCUT2D eigenvalue weighted by molar-refractivity contribution is 0.0697. The molecule has 106 valence electrons. The van der Waals surface area contributed by atoms with Crippen LogP contribution >= 0.6 is 0 Å². The van der Waals surface area contributed by atoms with E-state index in [4.69, 9.17) is 5.11 Å². The van der Waals surface area contributed by atoms with Crippen LogP contribution in [0.15, 0.2) is 18.2 Å². The van der Waals surface area contributed by atoms with E-state index in [0.29, 0.717) is 5.69 Å². The van der Waals surface area contributed by atoms with E-state index in [2.05, 4.69) is 12.2 Å². The Labute approximate surface area is 113 Å². The number of carbonyl (C=O) groups is 1. The first kappa shape index (κ1) is 15.5. The first-order valence-corrected chi connectivity index (χ1v) is 6.92. The molecule has 19 heavy (non-hydrogen) atoms. The van der Waals surface area contributed by atoms with Crippen LogP contribution in [-0.2, 0) is 0 Å². The van der Waals surface area contributed by atoms with Gasteiger partial charge in [-0.3, -0.25) is 0 Å². The molecule has 0 aliphatic rings. The number of hydrogen-bond donors (Lipinski definition) is 2. The number of anilines is 1. The Kier molecular flexibility index (Phi) is 6.93. The van der Waals surface area contributed by atoms with E-state index >= 15 is 0 Å². The summed E-state index contributed by atoms with van der Waals surface area (Å²) >= 11 is 0. The van der Waals surface area contributed by atoms with Crippen molar-refractivity contribution in [2.45, 2.75) is 45.4 Å². The summed E-state index contributed by atoms with van der Waals surface area (Å²) in [5, 5.41) is 12.0. The van der Waals surface area contributed by atoms with E-state index in [0.717, 1.165) is 25.5 Å². The number of unbranched alkanes of at least 4 members (excludes halogenated alkanes) is 5. The molecule has 0 aliphatic heterocycles. The number of aromatic carboxylic acids is 1. The van der Waals surface area contributed by atoms with E-state index in [1.165, 1.54) is 37.8 Å². The maximum Gasteiger partial charge on any atom is 0.337 e. The molecule has 1 aromatic rings. The largest absolute Gasteiger partial charge is 0.478 e. The highest BCUT2D eigenvalue weighted by atomic mass is 19.1. The van der Waals surface area contributed by atoms with Crippen LogP contribution in [0.5, 0.6) is 0 Å². The molecule has 0 atom stereocenters. The first-order chi connectivity index (χ1) is 9.15. The van der Waals surface area contributed by atoms with Gasteiger partial charge in [-0.15, -0.1) is 0 Å². The number of hydrogen-bond acceptors (Lipinski definition) is 2. The standard InChI is InChI=1S/C15H22FNO2/c1-2-3-4-5-6-7-10-17-14-9-8-12(16)11-13(14)15(18)19/h8-9,11,17H,2-7,10H2,1H3,(H,18,19). The van der Waals surface area contributed by atoms with Crippen molar-refractivity contribution in [1.82, 2.24) is 0 Å². The summed E-state index contributed by atoms with van der Waals surface area (Å²) in [5.74, 6) is -1.63. The second-order valence-electron chi connectivity index (χ2n) is 4.69. The van der Waals surface area contributed by atoms with Crippen molar-refractivity contribution in [3.8, 4) is 0 Å². The fraction of sp³-hybridized carbons (Fsp3) is 0.533. The molecule has 1 aromatic carbocycles. The molecule has 0 radical (unpaired) electrons. The van der Waals surface area contributed by atoms with Gasteiger partial charge in [0.2, 0.25) is 0 Å². The van der Waals surface area contributed by atoms with Crippen LogP contribution in [-0.4, -0.2) is 17.6 Å². The highest BCUT2D eigenvalue weighted by molar-refractivity contribution is 5.94. The molecule has 0 saturated heterocycles. The molecule has 0 heterocycles. The molecule has 0 bridgehead atoms. The molecule has 0 amide bonds. The predicted octanol–water partition coefficient (Wildman–Crippen LogP) is 4.30. The monoisotopic (exact) mass is 267 g/mol. The molecule has 0 aliphatic carbocycles. The van der Waals surface area contributed by atoms with E-state index in [1.807, 2.05) is 0 Å². The zero-order valence-corrected chi connectivity index (χ0v) is 11.4. The third-order valence-corrected chi connectivity index (χ3v) is 3.06. The molecule has 3 nitrogen and oxygen atoms in total. The van der Waals surface area contributed by atoms with Gasteiger partial charge in [-0.2, -0.15) is 0 Å². The lowest BCUT2D eigenvalue weighted by Crippen LogP contribution is -2.08. The quantitative estimate of drug-likeness (QED) is 0.656. The van der Waals surface area contributed by atoms with Gasteiger partial charge in [-0.05, 0) is 24.6 Å². The van der Waals surface area contributed by atoms with E-state index in [9.17, 15) is 9.18 Å². The summed E-state index contributed by atoms with van der Waals surface area (Å²) in [7, 11) is 0. The third-order valence-electron chi connectivity index (χ3n) is 3.06. The maximum absolute atomic E-state index is 13.0. The zero-order valence-electron chi connectivity index (χ0n) is 11.4. The summed E-state index contributed by atoms with van der Waals surface area (Å²) in [5.41, 5.74) is 0.480. The van der Waals surface area contributed by atoms with Crippen LogP contribution < -0.4 is 5.32 Å². The van der Waals surface area contributed by atoms with Crippen LogP contribution in [0, 0.1) is 5.82 Å². The zero-order chi connectivity index (χ0) is 14.1. The highest BCUT2D eigenvalue weighted by Gasteiger charge is 2.10. The van der Waals surface area contributed by atoms with Gasteiger partial charge in [0.05, 0.1) is 5.56 Å². The Morgan fingerprint density at radius 1 is 1.21 bits per heavy atom. The van der Waals surface area contributed by atoms with Gasteiger partial charge < -0.3 is 10.4 Å². The van der Waals surface area contributed by atoms with Gasteiger partial charge in [0.1, 0.15) is 5.82 Å². The fourth-order valence-electron chi connectivity index (χ4n) is 1.98. The Balaban J connectivity index is 2.35. The topological polar surface area (TPSA) is 49.3 Å². The summed E-state index contributed by atoms with van der Waals surface area (Å²) in [6, 6.07) is 3.80. The van der Waals surface area contributed by atoms with Crippen LogP contribution in [0.25, 0.3) is 0 Å². The van der Waals surface area contributed by atoms with E-state index in [-0.39, 0.29) is 5.56 Å². The van der Waals surface area contributed by atoms with Crippen LogP contribution in [0.2, 0.25) is 0 Å². The van der Waals surface area contributed by atoms with Crippen molar-refractivity contribution < 1.29 is 14.3 Å². The number of halogens is 1. The Morgan fingerprint density at radius 2 is 1.89 bits per heavy atom. The molecule has 0 fully saturated rings. The van der Waals surface area contributed by atoms with Crippen molar-refractivity contribution in [2.75, 3.05) is 11.9 Å². The fourth-order valence-corrected chi connectivity index (χ4v) is 1.98. The minimum absolute atomic E-state index is 0.00835. The average Bonchev–Trinajstić information content (AvgIpc) is 2.39. The molecule has 0 aromatic heterocycles.